The quantitative estimate of drug-likeness (QED) is 0.510. The first-order valence-electron chi connectivity index (χ1n) is 11.9. The molecular formula is C27H29N3O5S. The second kappa shape index (κ2) is 10.1. The van der Waals surface area contributed by atoms with Gasteiger partial charge in [-0.3, -0.25) is 9.10 Å². The van der Waals surface area contributed by atoms with Gasteiger partial charge in [-0.25, -0.2) is 8.42 Å². The van der Waals surface area contributed by atoms with Gasteiger partial charge in [0.15, 0.2) is 6.10 Å². The van der Waals surface area contributed by atoms with Crippen molar-refractivity contribution in [2.75, 3.05) is 49.0 Å². The molecule has 0 N–H and O–H groups in total. The van der Waals surface area contributed by atoms with E-state index in [1.807, 2.05) is 42.5 Å². The number of hydrogen-bond acceptors (Lipinski definition) is 6. The average molecular weight is 508 g/mol. The number of ether oxygens (including phenoxy) is 2. The van der Waals surface area contributed by atoms with E-state index < -0.39 is 16.1 Å². The fourth-order valence-corrected chi connectivity index (χ4v) is 6.22. The predicted molar refractivity (Wildman–Crippen MR) is 139 cm³/mol. The zero-order valence-electron chi connectivity index (χ0n) is 20.1. The number of anilines is 2. The lowest BCUT2D eigenvalue weighted by atomic mass is 10.2. The lowest BCUT2D eigenvalue weighted by Crippen LogP contribution is -2.56. The molecule has 0 bridgehead atoms. The molecule has 0 saturated carbocycles. The molecule has 0 radical (unpaired) electrons. The first kappa shape index (κ1) is 24.0. The molecule has 3 aromatic rings. The zero-order chi connectivity index (χ0) is 25.1. The van der Waals surface area contributed by atoms with Gasteiger partial charge in [0.2, 0.25) is 10.0 Å². The van der Waals surface area contributed by atoms with Crippen molar-refractivity contribution in [1.29, 1.82) is 0 Å². The molecule has 2 aliphatic heterocycles. The number of hydrogen-bond donors (Lipinski definition) is 0. The third kappa shape index (κ3) is 4.97. The van der Waals surface area contributed by atoms with Gasteiger partial charge in [-0.05, 0) is 42.0 Å². The largest absolute Gasteiger partial charge is 0.497 e. The Hall–Kier alpha value is -3.72. The Morgan fingerprint density at radius 2 is 1.58 bits per heavy atom. The van der Waals surface area contributed by atoms with Gasteiger partial charge >= 0.3 is 0 Å². The second-order valence-corrected chi connectivity index (χ2v) is 10.8. The van der Waals surface area contributed by atoms with Crippen LogP contribution in [0.2, 0.25) is 0 Å². The Balaban J connectivity index is 1.30. The molecule has 188 valence electrons. The molecule has 0 spiro atoms. The van der Waals surface area contributed by atoms with Gasteiger partial charge in [-0.1, -0.05) is 42.5 Å². The fourth-order valence-electron chi connectivity index (χ4n) is 4.64. The van der Waals surface area contributed by atoms with Crippen LogP contribution in [0.3, 0.4) is 0 Å². The summed E-state index contributed by atoms with van der Waals surface area (Å²) in [6.07, 6.45) is -0.905. The van der Waals surface area contributed by atoms with E-state index in [1.54, 1.807) is 48.4 Å². The number of piperazine rings is 1. The topological polar surface area (TPSA) is 79.4 Å². The summed E-state index contributed by atoms with van der Waals surface area (Å²) in [5.41, 5.74) is 2.23. The molecule has 36 heavy (non-hydrogen) atoms. The van der Waals surface area contributed by atoms with Crippen LogP contribution in [0.4, 0.5) is 11.4 Å². The Morgan fingerprint density at radius 1 is 0.917 bits per heavy atom. The number of para-hydroxylation sites is 2. The Labute approximate surface area is 211 Å². The zero-order valence-corrected chi connectivity index (χ0v) is 20.9. The maximum atomic E-state index is 13.5. The Morgan fingerprint density at radius 3 is 2.28 bits per heavy atom. The van der Waals surface area contributed by atoms with E-state index >= 15 is 0 Å². The van der Waals surface area contributed by atoms with Crippen molar-refractivity contribution in [3.05, 3.63) is 84.4 Å². The standard InChI is InChI=1S/C27H29N3O5S/c1-34-23-13-11-22(12-14-23)28-15-17-29(18-16-28)27(31)26-19-30(24-9-5-6-10-25(24)35-26)36(32,33)20-21-7-3-2-4-8-21/h2-14,26H,15-20H2,1H3/t26-/m1/s1. The maximum Gasteiger partial charge on any atom is 0.265 e. The summed E-state index contributed by atoms with van der Waals surface area (Å²) < 4.78 is 39.5. The molecule has 0 aliphatic carbocycles. The number of methoxy groups -OCH3 is 1. The summed E-state index contributed by atoms with van der Waals surface area (Å²) >= 11 is 0. The average Bonchev–Trinajstić information content (AvgIpc) is 2.92. The number of carbonyl (C=O) groups excluding carboxylic acids is 1. The molecular weight excluding hydrogens is 478 g/mol. The van der Waals surface area contributed by atoms with Crippen molar-refractivity contribution in [1.82, 2.24) is 4.90 Å². The van der Waals surface area contributed by atoms with Crippen LogP contribution in [0.5, 0.6) is 11.5 Å². The number of benzene rings is 3. The van der Waals surface area contributed by atoms with E-state index in [4.69, 9.17) is 9.47 Å². The molecule has 2 heterocycles. The van der Waals surface area contributed by atoms with Gasteiger partial charge in [-0.2, -0.15) is 0 Å². The van der Waals surface area contributed by atoms with Gasteiger partial charge < -0.3 is 19.3 Å². The van der Waals surface area contributed by atoms with Crippen LogP contribution in [0, 0.1) is 0 Å². The van der Waals surface area contributed by atoms with E-state index in [1.165, 1.54) is 4.31 Å². The lowest BCUT2D eigenvalue weighted by molar-refractivity contribution is -0.138. The van der Waals surface area contributed by atoms with Crippen LogP contribution in [0.1, 0.15) is 5.56 Å². The van der Waals surface area contributed by atoms with E-state index in [0.717, 1.165) is 11.4 Å². The van der Waals surface area contributed by atoms with Crippen molar-refractivity contribution in [2.24, 2.45) is 0 Å². The van der Waals surface area contributed by atoms with Gasteiger partial charge in [0.1, 0.15) is 11.5 Å². The molecule has 5 rings (SSSR count). The molecule has 0 unspecified atom stereocenters. The highest BCUT2D eigenvalue weighted by molar-refractivity contribution is 7.92. The number of nitrogens with zero attached hydrogens (tertiary/aromatic N) is 3. The maximum absolute atomic E-state index is 13.5. The molecule has 1 fully saturated rings. The van der Waals surface area contributed by atoms with E-state index in [9.17, 15) is 13.2 Å². The first-order valence-corrected chi connectivity index (χ1v) is 13.5. The van der Waals surface area contributed by atoms with Crippen LogP contribution in [-0.4, -0.2) is 65.2 Å². The van der Waals surface area contributed by atoms with E-state index in [2.05, 4.69) is 4.90 Å². The third-order valence-electron chi connectivity index (χ3n) is 6.57. The van der Waals surface area contributed by atoms with Crippen LogP contribution in [-0.2, 0) is 20.6 Å². The molecule has 1 atom stereocenters. The van der Waals surface area contributed by atoms with Crippen molar-refractivity contribution in [3.63, 3.8) is 0 Å². The second-order valence-electron chi connectivity index (χ2n) is 8.86. The monoisotopic (exact) mass is 507 g/mol. The smallest absolute Gasteiger partial charge is 0.265 e. The molecule has 1 saturated heterocycles. The number of carbonyl (C=O) groups is 1. The fraction of sp³-hybridized carbons (Fsp3) is 0.296. The summed E-state index contributed by atoms with van der Waals surface area (Å²) in [5.74, 6) is 0.854. The third-order valence-corrected chi connectivity index (χ3v) is 8.28. The van der Waals surface area contributed by atoms with Crippen LogP contribution >= 0.6 is 0 Å². The van der Waals surface area contributed by atoms with Crippen molar-refractivity contribution in [3.8, 4) is 11.5 Å². The summed E-state index contributed by atoms with van der Waals surface area (Å²) in [4.78, 5) is 17.4. The van der Waals surface area contributed by atoms with Crippen LogP contribution in [0.15, 0.2) is 78.9 Å². The highest BCUT2D eigenvalue weighted by Gasteiger charge is 2.39. The van der Waals surface area contributed by atoms with Crippen LogP contribution in [0.25, 0.3) is 0 Å². The summed E-state index contributed by atoms with van der Waals surface area (Å²) in [6.45, 7) is 2.37. The van der Waals surface area contributed by atoms with Gasteiger partial charge in [0.05, 0.1) is 25.1 Å². The van der Waals surface area contributed by atoms with Crippen LogP contribution < -0.4 is 18.7 Å². The van der Waals surface area contributed by atoms with Crippen molar-refractivity contribution >= 4 is 27.3 Å². The number of sulfonamides is 1. The molecule has 8 nitrogen and oxygen atoms in total. The molecule has 1 amide bonds. The van der Waals surface area contributed by atoms with E-state index in [-0.39, 0.29) is 18.2 Å². The van der Waals surface area contributed by atoms with Gasteiger partial charge in [-0.15, -0.1) is 0 Å². The highest BCUT2D eigenvalue weighted by Crippen LogP contribution is 2.36. The minimum absolute atomic E-state index is 0.0519. The Bertz CT molecular complexity index is 1310. The summed E-state index contributed by atoms with van der Waals surface area (Å²) in [7, 11) is -2.10. The lowest BCUT2D eigenvalue weighted by Gasteiger charge is -2.40. The summed E-state index contributed by atoms with van der Waals surface area (Å²) in [5, 5.41) is 0. The van der Waals surface area contributed by atoms with Crippen molar-refractivity contribution in [2.45, 2.75) is 11.9 Å². The van der Waals surface area contributed by atoms with Crippen molar-refractivity contribution < 1.29 is 22.7 Å². The SMILES string of the molecule is COc1ccc(N2CCN(C(=O)[C@H]3CN(S(=O)(=O)Cc4ccccc4)c4ccccc4O3)CC2)cc1. The molecule has 9 heteroatoms. The summed E-state index contributed by atoms with van der Waals surface area (Å²) in [6, 6.07) is 23.9. The minimum atomic E-state index is -3.73. The first-order chi connectivity index (χ1) is 17.4. The van der Waals surface area contributed by atoms with E-state index in [0.29, 0.717) is 43.2 Å². The number of amides is 1. The normalized spacial score (nSPS) is 17.8. The molecule has 3 aromatic carbocycles. The minimum Gasteiger partial charge on any atom is -0.497 e. The number of rotatable bonds is 6. The molecule has 0 aromatic heterocycles. The number of fused-ring (bicyclic) bond motifs is 1. The predicted octanol–water partition coefficient (Wildman–Crippen LogP) is 3.14. The van der Waals surface area contributed by atoms with Gasteiger partial charge in [0, 0.05) is 31.9 Å². The highest BCUT2D eigenvalue weighted by atomic mass is 32.2. The Kier molecular flexibility index (Phi) is 6.73. The van der Waals surface area contributed by atoms with Gasteiger partial charge in [0.25, 0.3) is 5.91 Å². The molecule has 2 aliphatic rings.